The monoisotopic (exact) mass is 418 g/mol. The number of benzene rings is 3. The molecule has 0 fully saturated rings. The summed E-state index contributed by atoms with van der Waals surface area (Å²) in [6.07, 6.45) is 0.525. The topological polar surface area (TPSA) is 70.4 Å². The van der Waals surface area contributed by atoms with Gasteiger partial charge >= 0.3 is 0 Å². The third-order valence-corrected chi connectivity index (χ3v) is 7.28. The van der Waals surface area contributed by atoms with Gasteiger partial charge in [0.25, 0.3) is 0 Å². The van der Waals surface area contributed by atoms with Gasteiger partial charge in [-0.05, 0) is 35.2 Å². The standard InChI is InChI=1S/C24H22N2O3S/c25-15-20-10-6-7-13-24(20)30(27,28)26-16-21-11-4-5-12-22(21)17-29-18-23(26)14-19-8-2-1-3-9-19/h1-13,23H,14,16-18H2. The fourth-order valence-electron chi connectivity index (χ4n) is 3.78. The fraction of sp³-hybridized carbons (Fsp3) is 0.208. The van der Waals surface area contributed by atoms with Crippen molar-refractivity contribution in [3.63, 3.8) is 0 Å². The maximum atomic E-state index is 13.8. The van der Waals surface area contributed by atoms with Gasteiger partial charge in [0, 0.05) is 6.54 Å². The van der Waals surface area contributed by atoms with E-state index in [9.17, 15) is 13.7 Å². The molecule has 0 spiro atoms. The van der Waals surface area contributed by atoms with Crippen molar-refractivity contribution >= 4 is 10.0 Å². The molecule has 1 unspecified atom stereocenters. The van der Waals surface area contributed by atoms with Crippen LogP contribution in [0.1, 0.15) is 22.3 Å². The quantitative estimate of drug-likeness (QED) is 0.645. The zero-order valence-corrected chi connectivity index (χ0v) is 17.3. The Kier molecular flexibility index (Phi) is 5.96. The Morgan fingerprint density at radius 3 is 2.37 bits per heavy atom. The molecule has 30 heavy (non-hydrogen) atoms. The number of sulfonamides is 1. The van der Waals surface area contributed by atoms with Crippen LogP contribution in [0.25, 0.3) is 0 Å². The minimum Gasteiger partial charge on any atom is -0.375 e. The Hall–Kier alpha value is -2.98. The van der Waals surface area contributed by atoms with E-state index in [-0.39, 0.29) is 23.6 Å². The lowest BCUT2D eigenvalue weighted by Gasteiger charge is -2.33. The third-order valence-electron chi connectivity index (χ3n) is 5.33. The van der Waals surface area contributed by atoms with Gasteiger partial charge in [0.05, 0.1) is 29.7 Å². The number of nitriles is 1. The number of nitrogens with zero attached hydrogens (tertiary/aromatic N) is 2. The number of ether oxygens (including phenoxy) is 1. The van der Waals surface area contributed by atoms with Crippen LogP contribution < -0.4 is 0 Å². The van der Waals surface area contributed by atoms with Gasteiger partial charge in [-0.1, -0.05) is 66.7 Å². The van der Waals surface area contributed by atoms with Gasteiger partial charge < -0.3 is 4.74 Å². The summed E-state index contributed by atoms with van der Waals surface area (Å²) in [6.45, 7) is 0.959. The van der Waals surface area contributed by atoms with Gasteiger partial charge in [0.1, 0.15) is 6.07 Å². The van der Waals surface area contributed by atoms with Crippen molar-refractivity contribution in [1.29, 1.82) is 5.26 Å². The van der Waals surface area contributed by atoms with E-state index in [0.717, 1.165) is 16.7 Å². The van der Waals surface area contributed by atoms with Gasteiger partial charge in [-0.25, -0.2) is 8.42 Å². The number of hydrogen-bond acceptors (Lipinski definition) is 4. The summed E-state index contributed by atoms with van der Waals surface area (Å²) in [5.41, 5.74) is 3.07. The van der Waals surface area contributed by atoms with E-state index in [1.54, 1.807) is 12.1 Å². The molecule has 3 aromatic rings. The molecule has 0 amide bonds. The molecule has 0 saturated carbocycles. The Morgan fingerprint density at radius 1 is 0.933 bits per heavy atom. The zero-order chi connectivity index (χ0) is 21.0. The Labute approximate surface area is 177 Å². The van der Waals surface area contributed by atoms with Crippen LogP contribution in [0.15, 0.2) is 83.8 Å². The fourth-order valence-corrected chi connectivity index (χ4v) is 5.51. The highest BCUT2D eigenvalue weighted by Crippen LogP contribution is 2.28. The van der Waals surface area contributed by atoms with Gasteiger partial charge in [-0.15, -0.1) is 0 Å². The van der Waals surface area contributed by atoms with Gasteiger partial charge in [-0.3, -0.25) is 0 Å². The maximum Gasteiger partial charge on any atom is 0.245 e. The Bertz CT molecular complexity index is 1170. The Balaban J connectivity index is 1.80. The first kappa shape index (κ1) is 20.3. The highest BCUT2D eigenvalue weighted by Gasteiger charge is 2.35. The smallest absolute Gasteiger partial charge is 0.245 e. The van der Waals surface area contributed by atoms with Crippen LogP contribution in [0.5, 0.6) is 0 Å². The molecule has 0 aromatic heterocycles. The lowest BCUT2D eigenvalue weighted by molar-refractivity contribution is 0.0674. The summed E-state index contributed by atoms with van der Waals surface area (Å²) in [6, 6.07) is 25.5. The van der Waals surface area contributed by atoms with E-state index >= 15 is 0 Å². The molecule has 0 radical (unpaired) electrons. The van der Waals surface area contributed by atoms with Crippen LogP contribution in [0.3, 0.4) is 0 Å². The van der Waals surface area contributed by atoms with E-state index < -0.39 is 16.1 Å². The summed E-state index contributed by atoms with van der Waals surface area (Å²) < 4.78 is 35.0. The third kappa shape index (κ3) is 4.14. The van der Waals surface area contributed by atoms with Gasteiger partial charge in [0.15, 0.2) is 0 Å². The van der Waals surface area contributed by atoms with Crippen molar-refractivity contribution in [3.8, 4) is 6.07 Å². The van der Waals surface area contributed by atoms with Crippen molar-refractivity contribution in [2.24, 2.45) is 0 Å². The molecule has 5 nitrogen and oxygen atoms in total. The molecule has 3 aromatic carbocycles. The summed E-state index contributed by atoms with van der Waals surface area (Å²) in [5.74, 6) is 0. The molecule has 1 heterocycles. The first-order chi connectivity index (χ1) is 14.6. The SMILES string of the molecule is N#Cc1ccccc1S(=O)(=O)N1Cc2ccccc2COCC1Cc1ccccc1. The largest absolute Gasteiger partial charge is 0.375 e. The first-order valence-corrected chi connectivity index (χ1v) is 11.2. The van der Waals surface area contributed by atoms with Crippen molar-refractivity contribution in [2.45, 2.75) is 30.5 Å². The number of rotatable bonds is 4. The lowest BCUT2D eigenvalue weighted by Crippen LogP contribution is -2.45. The molecule has 0 aliphatic carbocycles. The van der Waals surface area contributed by atoms with Crippen molar-refractivity contribution in [1.82, 2.24) is 4.31 Å². The molecule has 152 valence electrons. The van der Waals surface area contributed by atoms with Gasteiger partial charge in [-0.2, -0.15) is 9.57 Å². The second kappa shape index (κ2) is 8.80. The molecule has 1 aliphatic rings. The van der Waals surface area contributed by atoms with Crippen molar-refractivity contribution in [3.05, 3.63) is 101 Å². The van der Waals surface area contributed by atoms with Crippen LogP contribution in [0.4, 0.5) is 0 Å². The van der Waals surface area contributed by atoms with E-state index in [1.807, 2.05) is 60.7 Å². The molecule has 1 aliphatic heterocycles. The van der Waals surface area contributed by atoms with Crippen LogP contribution in [0, 0.1) is 11.3 Å². The van der Waals surface area contributed by atoms with Crippen molar-refractivity contribution in [2.75, 3.05) is 6.61 Å². The highest BCUT2D eigenvalue weighted by atomic mass is 32.2. The van der Waals surface area contributed by atoms with Crippen molar-refractivity contribution < 1.29 is 13.2 Å². The molecule has 6 heteroatoms. The first-order valence-electron chi connectivity index (χ1n) is 9.79. The number of hydrogen-bond donors (Lipinski definition) is 0. The molecule has 0 bridgehead atoms. The Morgan fingerprint density at radius 2 is 1.60 bits per heavy atom. The normalized spacial score (nSPS) is 17.4. The van der Waals surface area contributed by atoms with E-state index in [4.69, 9.17) is 4.74 Å². The summed E-state index contributed by atoms with van der Waals surface area (Å²) in [5, 5.41) is 9.48. The predicted molar refractivity (Wildman–Crippen MR) is 114 cm³/mol. The van der Waals surface area contributed by atoms with E-state index in [0.29, 0.717) is 13.0 Å². The zero-order valence-electron chi connectivity index (χ0n) is 16.4. The van der Waals surface area contributed by atoms with Gasteiger partial charge in [0.2, 0.25) is 10.0 Å². The average Bonchev–Trinajstić information content (AvgIpc) is 2.76. The maximum absolute atomic E-state index is 13.8. The average molecular weight is 419 g/mol. The van der Waals surface area contributed by atoms with E-state index in [1.165, 1.54) is 16.4 Å². The molecule has 0 N–H and O–H groups in total. The molecular weight excluding hydrogens is 396 g/mol. The minimum absolute atomic E-state index is 0.0311. The molecule has 1 atom stereocenters. The van der Waals surface area contributed by atoms with E-state index in [2.05, 4.69) is 0 Å². The summed E-state index contributed by atoms with van der Waals surface area (Å²) in [7, 11) is -3.93. The second-order valence-electron chi connectivity index (χ2n) is 7.29. The van der Waals surface area contributed by atoms with Crippen LogP contribution in [0.2, 0.25) is 0 Å². The molecule has 0 saturated heterocycles. The molecule has 4 rings (SSSR count). The van der Waals surface area contributed by atoms with Crippen LogP contribution in [-0.4, -0.2) is 25.4 Å². The summed E-state index contributed by atoms with van der Waals surface area (Å²) >= 11 is 0. The highest BCUT2D eigenvalue weighted by molar-refractivity contribution is 7.89. The van der Waals surface area contributed by atoms with Crippen LogP contribution in [-0.2, 0) is 34.3 Å². The predicted octanol–water partition coefficient (Wildman–Crippen LogP) is 3.89. The second-order valence-corrected chi connectivity index (χ2v) is 9.14. The molecular formula is C24H22N2O3S. The van der Waals surface area contributed by atoms with Crippen LogP contribution >= 0.6 is 0 Å². The lowest BCUT2D eigenvalue weighted by atomic mass is 10.0. The minimum atomic E-state index is -3.93. The summed E-state index contributed by atoms with van der Waals surface area (Å²) in [4.78, 5) is 0.0311. The number of fused-ring (bicyclic) bond motifs is 1.